The smallest absolute Gasteiger partial charge is 0.326 e. The fourth-order valence-corrected chi connectivity index (χ4v) is 1.82. The van der Waals surface area contributed by atoms with Gasteiger partial charge in [0, 0.05) is 6.54 Å². The van der Waals surface area contributed by atoms with Crippen molar-refractivity contribution in [3.05, 3.63) is 26.5 Å². The minimum absolute atomic E-state index is 0.124. The van der Waals surface area contributed by atoms with Crippen molar-refractivity contribution < 1.29 is 14.7 Å². The number of amides is 1. The third-order valence-electron chi connectivity index (χ3n) is 2.82. The zero-order valence-corrected chi connectivity index (χ0v) is 11.7. The highest BCUT2D eigenvalue weighted by Gasteiger charge is 2.21. The number of nitrogen functional groups attached to an aromatic ring is 1. The van der Waals surface area contributed by atoms with Gasteiger partial charge in [0.05, 0.1) is 5.92 Å². The van der Waals surface area contributed by atoms with Gasteiger partial charge in [-0.1, -0.05) is 13.8 Å². The third-order valence-corrected chi connectivity index (χ3v) is 2.82. The summed E-state index contributed by atoms with van der Waals surface area (Å²) in [5.41, 5.74) is 2.86. The van der Waals surface area contributed by atoms with Crippen LogP contribution >= 0.6 is 0 Å². The Morgan fingerprint density at radius 1 is 1.29 bits per heavy atom. The Morgan fingerprint density at radius 2 is 1.90 bits per heavy atom. The molecule has 0 fully saturated rings. The number of rotatable bonds is 6. The Labute approximate surface area is 119 Å². The van der Waals surface area contributed by atoms with Crippen molar-refractivity contribution in [2.45, 2.75) is 20.3 Å². The molecule has 1 aromatic heterocycles. The van der Waals surface area contributed by atoms with E-state index in [9.17, 15) is 19.2 Å². The lowest BCUT2D eigenvalue weighted by molar-refractivity contribution is -0.142. The zero-order chi connectivity index (χ0) is 16.2. The molecule has 0 saturated heterocycles. The molecule has 1 heterocycles. The Balaban J connectivity index is 2.84. The fourth-order valence-electron chi connectivity index (χ4n) is 1.82. The molecule has 1 amide bonds. The number of aromatic amines is 2. The maximum absolute atomic E-state index is 11.9. The average Bonchev–Trinajstić information content (AvgIpc) is 2.37. The predicted octanol–water partition coefficient (Wildman–Crippen LogP) is -0.878. The lowest BCUT2D eigenvalue weighted by atomic mass is 9.97. The first kappa shape index (κ1) is 16.5. The summed E-state index contributed by atoms with van der Waals surface area (Å²) in [5.74, 6) is -2.45. The van der Waals surface area contributed by atoms with Gasteiger partial charge in [0.15, 0.2) is 0 Å². The van der Waals surface area contributed by atoms with Crippen molar-refractivity contribution >= 4 is 17.6 Å². The minimum atomic E-state index is -1.03. The number of hydrogen-bond donors (Lipinski definition) is 5. The maximum Gasteiger partial charge on any atom is 0.326 e. The number of carbonyl (C=O) groups is 2. The van der Waals surface area contributed by atoms with E-state index in [1.54, 1.807) is 0 Å². The van der Waals surface area contributed by atoms with Gasteiger partial charge in [-0.2, -0.15) is 0 Å². The Kier molecular flexibility index (Phi) is 5.28. The van der Waals surface area contributed by atoms with Crippen molar-refractivity contribution in [2.24, 2.45) is 11.8 Å². The number of anilines is 1. The highest BCUT2D eigenvalue weighted by atomic mass is 16.4. The van der Waals surface area contributed by atoms with Gasteiger partial charge in [-0.15, -0.1) is 0 Å². The van der Waals surface area contributed by atoms with E-state index in [1.807, 2.05) is 18.8 Å². The second kappa shape index (κ2) is 6.73. The van der Waals surface area contributed by atoms with Gasteiger partial charge < -0.3 is 21.1 Å². The molecule has 116 valence electrons. The van der Waals surface area contributed by atoms with Crippen LogP contribution in [0.5, 0.6) is 0 Å². The van der Waals surface area contributed by atoms with Crippen LogP contribution in [-0.2, 0) is 4.79 Å². The minimum Gasteiger partial charge on any atom is -0.481 e. The maximum atomic E-state index is 11.9. The van der Waals surface area contributed by atoms with Crippen LogP contribution in [0.1, 0.15) is 30.8 Å². The van der Waals surface area contributed by atoms with E-state index in [0.717, 1.165) is 0 Å². The van der Waals surface area contributed by atoms with Gasteiger partial charge >= 0.3 is 11.7 Å². The van der Waals surface area contributed by atoms with Crippen LogP contribution in [-0.4, -0.2) is 33.5 Å². The molecule has 0 radical (unpaired) electrons. The number of carboxylic acid groups (broad SMARTS) is 1. The lowest BCUT2D eigenvalue weighted by Crippen LogP contribution is -2.37. The summed E-state index contributed by atoms with van der Waals surface area (Å²) in [7, 11) is 0. The quantitative estimate of drug-likeness (QED) is 0.459. The lowest BCUT2D eigenvalue weighted by Gasteiger charge is -2.15. The third kappa shape index (κ3) is 4.48. The van der Waals surface area contributed by atoms with Crippen LogP contribution in [0.4, 0.5) is 5.69 Å². The van der Waals surface area contributed by atoms with Gasteiger partial charge in [0.25, 0.3) is 11.5 Å². The number of aliphatic carboxylic acids is 1. The highest BCUT2D eigenvalue weighted by molar-refractivity contribution is 5.96. The van der Waals surface area contributed by atoms with Crippen LogP contribution in [0.15, 0.2) is 9.59 Å². The molecule has 0 aliphatic carbocycles. The highest BCUT2D eigenvalue weighted by Crippen LogP contribution is 2.11. The van der Waals surface area contributed by atoms with Crippen molar-refractivity contribution in [1.29, 1.82) is 0 Å². The molecule has 0 saturated carbocycles. The molecule has 0 spiro atoms. The average molecular weight is 298 g/mol. The van der Waals surface area contributed by atoms with Crippen LogP contribution in [0.25, 0.3) is 0 Å². The van der Waals surface area contributed by atoms with Gasteiger partial charge in [-0.05, 0) is 12.3 Å². The number of aromatic nitrogens is 2. The molecule has 0 aliphatic rings. The normalized spacial score (nSPS) is 12.1. The molecule has 0 bridgehead atoms. The van der Waals surface area contributed by atoms with Crippen LogP contribution in [0.2, 0.25) is 0 Å². The summed E-state index contributed by atoms with van der Waals surface area (Å²) in [5, 5.41) is 11.4. The van der Waals surface area contributed by atoms with Crippen LogP contribution < -0.4 is 22.3 Å². The van der Waals surface area contributed by atoms with Crippen LogP contribution in [0, 0.1) is 11.8 Å². The van der Waals surface area contributed by atoms with E-state index in [0.29, 0.717) is 6.42 Å². The molecule has 1 aromatic rings. The molecular formula is C12H18N4O5. The van der Waals surface area contributed by atoms with E-state index >= 15 is 0 Å². The van der Waals surface area contributed by atoms with Crippen molar-refractivity contribution in [3.8, 4) is 0 Å². The summed E-state index contributed by atoms with van der Waals surface area (Å²) in [4.78, 5) is 49.3. The van der Waals surface area contributed by atoms with E-state index in [2.05, 4.69) is 10.3 Å². The first-order valence-electron chi connectivity index (χ1n) is 6.35. The van der Waals surface area contributed by atoms with E-state index in [1.165, 1.54) is 0 Å². The van der Waals surface area contributed by atoms with Crippen LogP contribution in [0.3, 0.4) is 0 Å². The molecule has 0 aliphatic heterocycles. The first-order valence-corrected chi connectivity index (χ1v) is 6.35. The number of carboxylic acids is 1. The standard InChI is InChI=1S/C12H18N4O5/c1-5(2)3-6(11(19)20)4-14-10(18)8-7(13)9(17)16-12(21)15-8/h5-6H,3-4,13H2,1-2H3,(H,14,18)(H,19,20)(H2,15,16,17,21). The Morgan fingerprint density at radius 3 is 2.43 bits per heavy atom. The summed E-state index contributed by atoms with van der Waals surface area (Å²) in [6.07, 6.45) is 0.386. The molecule has 1 rings (SSSR count). The van der Waals surface area contributed by atoms with Crippen molar-refractivity contribution in [3.63, 3.8) is 0 Å². The van der Waals surface area contributed by atoms with E-state index < -0.39 is 34.7 Å². The predicted molar refractivity (Wildman–Crippen MR) is 75.0 cm³/mol. The molecule has 1 atom stereocenters. The van der Waals surface area contributed by atoms with Crippen molar-refractivity contribution in [1.82, 2.24) is 15.3 Å². The van der Waals surface area contributed by atoms with E-state index in [4.69, 9.17) is 10.8 Å². The molecular weight excluding hydrogens is 280 g/mol. The van der Waals surface area contributed by atoms with Gasteiger partial charge in [0.1, 0.15) is 11.4 Å². The molecule has 1 unspecified atom stereocenters. The molecule has 21 heavy (non-hydrogen) atoms. The number of H-pyrrole nitrogens is 2. The first-order chi connectivity index (χ1) is 9.72. The summed E-state index contributed by atoms with van der Waals surface area (Å²) in [6.45, 7) is 3.61. The molecule has 6 N–H and O–H groups in total. The monoisotopic (exact) mass is 298 g/mol. The SMILES string of the molecule is CC(C)CC(CNC(=O)c1[nH]c(=O)[nH]c(=O)c1N)C(=O)O. The second-order valence-electron chi connectivity index (χ2n) is 5.07. The van der Waals surface area contributed by atoms with Crippen molar-refractivity contribution in [2.75, 3.05) is 12.3 Å². The molecule has 9 heteroatoms. The zero-order valence-electron chi connectivity index (χ0n) is 11.7. The second-order valence-corrected chi connectivity index (χ2v) is 5.07. The number of carbonyl (C=O) groups excluding carboxylic acids is 1. The Bertz CT molecular complexity index is 646. The van der Waals surface area contributed by atoms with Gasteiger partial charge in [-0.25, -0.2) is 4.79 Å². The van der Waals surface area contributed by atoms with Gasteiger partial charge in [0.2, 0.25) is 0 Å². The van der Waals surface area contributed by atoms with Gasteiger partial charge in [-0.3, -0.25) is 19.4 Å². The Hall–Kier alpha value is -2.58. The topological polar surface area (TPSA) is 158 Å². The summed E-state index contributed by atoms with van der Waals surface area (Å²) < 4.78 is 0. The molecule has 0 aromatic carbocycles. The largest absolute Gasteiger partial charge is 0.481 e. The fraction of sp³-hybridized carbons (Fsp3) is 0.500. The summed E-state index contributed by atoms with van der Waals surface area (Å²) in [6, 6.07) is 0. The summed E-state index contributed by atoms with van der Waals surface area (Å²) >= 11 is 0. The number of hydrogen-bond acceptors (Lipinski definition) is 5. The molecule has 9 nitrogen and oxygen atoms in total. The number of nitrogens with two attached hydrogens (primary N) is 1. The number of nitrogens with one attached hydrogen (secondary N) is 3. The van der Waals surface area contributed by atoms with E-state index in [-0.39, 0.29) is 18.2 Å².